The Balaban J connectivity index is 1.93. The standard InChI is InChI=1S/C27H25NO4/c1-4-18-11-13-19(14-12-18)25(29)23-24(20-8-5-7-17(2)15-20)28(27(31)26(23)30)21-9-6-10-22(16-21)32-3/h5-16,24,29H,4H2,1-3H3/b25-23+. The average Bonchev–Trinajstić information content (AvgIpc) is 3.09. The Hall–Kier alpha value is -3.86. The van der Waals surface area contributed by atoms with Crippen LogP contribution >= 0.6 is 0 Å². The molecule has 1 atom stereocenters. The van der Waals surface area contributed by atoms with Crippen molar-refractivity contribution in [2.24, 2.45) is 0 Å². The molecular formula is C27H25NO4. The van der Waals surface area contributed by atoms with Crippen molar-refractivity contribution >= 4 is 23.1 Å². The molecule has 3 aromatic carbocycles. The van der Waals surface area contributed by atoms with Crippen molar-refractivity contribution in [3.05, 3.63) is 101 Å². The summed E-state index contributed by atoms with van der Waals surface area (Å²) in [5, 5.41) is 11.2. The number of aryl methyl sites for hydroxylation is 2. The molecule has 0 bridgehead atoms. The summed E-state index contributed by atoms with van der Waals surface area (Å²) >= 11 is 0. The molecule has 32 heavy (non-hydrogen) atoms. The lowest BCUT2D eigenvalue weighted by Crippen LogP contribution is -2.29. The molecule has 1 aliphatic rings. The lowest BCUT2D eigenvalue weighted by molar-refractivity contribution is -0.132. The van der Waals surface area contributed by atoms with Crippen LogP contribution in [0.15, 0.2) is 78.4 Å². The minimum absolute atomic E-state index is 0.0765. The Labute approximate surface area is 187 Å². The van der Waals surface area contributed by atoms with Crippen LogP contribution in [0.5, 0.6) is 5.75 Å². The third kappa shape index (κ3) is 3.78. The predicted molar refractivity (Wildman–Crippen MR) is 125 cm³/mol. The van der Waals surface area contributed by atoms with Crippen LogP contribution in [0.4, 0.5) is 5.69 Å². The number of ether oxygens (including phenoxy) is 1. The fourth-order valence-electron chi connectivity index (χ4n) is 4.07. The Morgan fingerprint density at radius 2 is 1.72 bits per heavy atom. The first kappa shape index (κ1) is 21.4. The highest BCUT2D eigenvalue weighted by molar-refractivity contribution is 6.51. The second kappa shape index (κ2) is 8.71. The Morgan fingerprint density at radius 1 is 1.00 bits per heavy atom. The fraction of sp³-hybridized carbons (Fsp3) is 0.185. The number of nitrogens with zero attached hydrogens (tertiary/aromatic N) is 1. The number of carbonyl (C=O) groups is 2. The zero-order chi connectivity index (χ0) is 22.8. The van der Waals surface area contributed by atoms with E-state index in [0.717, 1.165) is 23.1 Å². The number of amides is 1. The highest BCUT2D eigenvalue weighted by Crippen LogP contribution is 2.42. The number of hydrogen-bond acceptors (Lipinski definition) is 4. The van der Waals surface area contributed by atoms with Gasteiger partial charge in [0.15, 0.2) is 0 Å². The van der Waals surface area contributed by atoms with Crippen molar-refractivity contribution in [3.8, 4) is 5.75 Å². The van der Waals surface area contributed by atoms with Gasteiger partial charge in [0.2, 0.25) is 0 Å². The average molecular weight is 428 g/mol. The van der Waals surface area contributed by atoms with Gasteiger partial charge in [0, 0.05) is 17.3 Å². The normalized spacial score (nSPS) is 17.6. The zero-order valence-corrected chi connectivity index (χ0v) is 18.3. The van der Waals surface area contributed by atoms with Crippen molar-refractivity contribution in [1.82, 2.24) is 0 Å². The summed E-state index contributed by atoms with van der Waals surface area (Å²) < 4.78 is 5.32. The molecule has 1 unspecified atom stereocenters. The van der Waals surface area contributed by atoms with E-state index >= 15 is 0 Å². The summed E-state index contributed by atoms with van der Waals surface area (Å²) in [5.74, 6) is -1.00. The van der Waals surface area contributed by atoms with Gasteiger partial charge in [-0.1, -0.05) is 67.1 Å². The minimum atomic E-state index is -0.757. The van der Waals surface area contributed by atoms with Crippen molar-refractivity contribution in [1.29, 1.82) is 0 Å². The van der Waals surface area contributed by atoms with E-state index in [-0.39, 0.29) is 11.3 Å². The summed E-state index contributed by atoms with van der Waals surface area (Å²) in [6, 6.07) is 21.3. The first-order valence-corrected chi connectivity index (χ1v) is 10.6. The molecule has 1 N–H and O–H groups in total. The van der Waals surface area contributed by atoms with E-state index < -0.39 is 17.7 Å². The van der Waals surface area contributed by atoms with Crippen LogP contribution in [0.1, 0.15) is 35.2 Å². The van der Waals surface area contributed by atoms with Gasteiger partial charge in [-0.3, -0.25) is 14.5 Å². The van der Waals surface area contributed by atoms with E-state index in [9.17, 15) is 14.7 Å². The number of rotatable bonds is 5. The monoisotopic (exact) mass is 427 g/mol. The van der Waals surface area contributed by atoms with E-state index in [1.165, 1.54) is 4.90 Å². The SMILES string of the molecule is CCc1ccc(/C(O)=C2\C(=O)C(=O)N(c3cccc(OC)c3)C2c2cccc(C)c2)cc1. The number of aliphatic hydroxyl groups is 1. The molecule has 1 fully saturated rings. The summed E-state index contributed by atoms with van der Waals surface area (Å²) in [4.78, 5) is 27.9. The van der Waals surface area contributed by atoms with Gasteiger partial charge in [0.1, 0.15) is 11.5 Å². The summed E-state index contributed by atoms with van der Waals surface area (Å²) in [6.07, 6.45) is 0.866. The molecule has 0 aliphatic carbocycles. The number of aliphatic hydroxyl groups excluding tert-OH is 1. The van der Waals surface area contributed by atoms with Crippen molar-refractivity contribution in [3.63, 3.8) is 0 Å². The molecule has 0 saturated carbocycles. The van der Waals surface area contributed by atoms with Crippen LogP contribution in [0.2, 0.25) is 0 Å². The molecule has 5 heteroatoms. The van der Waals surface area contributed by atoms with Crippen LogP contribution in [0, 0.1) is 6.92 Å². The summed E-state index contributed by atoms with van der Waals surface area (Å²) in [5.41, 5.74) is 3.97. The number of ketones is 1. The second-order valence-electron chi connectivity index (χ2n) is 7.84. The molecule has 4 rings (SSSR count). The van der Waals surface area contributed by atoms with Crippen molar-refractivity contribution in [2.45, 2.75) is 26.3 Å². The second-order valence-corrected chi connectivity index (χ2v) is 7.84. The van der Waals surface area contributed by atoms with Crippen LogP contribution in [0.25, 0.3) is 5.76 Å². The maximum absolute atomic E-state index is 13.2. The van der Waals surface area contributed by atoms with Crippen LogP contribution in [-0.4, -0.2) is 23.9 Å². The number of anilines is 1. The molecule has 162 valence electrons. The topological polar surface area (TPSA) is 66.8 Å². The van der Waals surface area contributed by atoms with Gasteiger partial charge in [0.25, 0.3) is 11.7 Å². The maximum Gasteiger partial charge on any atom is 0.300 e. The van der Waals surface area contributed by atoms with Crippen molar-refractivity contribution < 1.29 is 19.4 Å². The maximum atomic E-state index is 13.2. The van der Waals surface area contributed by atoms with Crippen LogP contribution < -0.4 is 9.64 Å². The van der Waals surface area contributed by atoms with E-state index in [0.29, 0.717) is 17.0 Å². The molecule has 1 amide bonds. The largest absolute Gasteiger partial charge is 0.507 e. The van der Waals surface area contributed by atoms with Crippen molar-refractivity contribution in [2.75, 3.05) is 12.0 Å². The van der Waals surface area contributed by atoms with Gasteiger partial charge in [-0.25, -0.2) is 0 Å². The minimum Gasteiger partial charge on any atom is -0.507 e. The number of methoxy groups -OCH3 is 1. The first-order valence-electron chi connectivity index (χ1n) is 10.6. The van der Waals surface area contributed by atoms with Crippen LogP contribution in [-0.2, 0) is 16.0 Å². The smallest absolute Gasteiger partial charge is 0.300 e. The summed E-state index contributed by atoms with van der Waals surface area (Å²) in [7, 11) is 1.55. The Morgan fingerprint density at radius 3 is 2.38 bits per heavy atom. The molecule has 5 nitrogen and oxygen atoms in total. The van der Waals surface area contributed by atoms with E-state index in [2.05, 4.69) is 0 Å². The zero-order valence-electron chi connectivity index (χ0n) is 18.3. The van der Waals surface area contributed by atoms with Gasteiger partial charge >= 0.3 is 0 Å². The highest BCUT2D eigenvalue weighted by atomic mass is 16.5. The Bertz CT molecular complexity index is 1210. The van der Waals surface area contributed by atoms with E-state index in [1.807, 2.05) is 50.2 Å². The van der Waals surface area contributed by atoms with Gasteiger partial charge < -0.3 is 9.84 Å². The number of benzene rings is 3. The number of hydrogen-bond donors (Lipinski definition) is 1. The highest BCUT2D eigenvalue weighted by Gasteiger charge is 2.47. The number of carbonyl (C=O) groups excluding carboxylic acids is 2. The summed E-state index contributed by atoms with van der Waals surface area (Å²) in [6.45, 7) is 4.00. The Kier molecular flexibility index (Phi) is 5.82. The molecule has 1 aliphatic heterocycles. The van der Waals surface area contributed by atoms with Gasteiger partial charge in [-0.05, 0) is 36.6 Å². The third-order valence-corrected chi connectivity index (χ3v) is 5.77. The molecule has 3 aromatic rings. The molecule has 1 saturated heterocycles. The molecule has 1 heterocycles. The molecule has 0 radical (unpaired) electrons. The van der Waals surface area contributed by atoms with E-state index in [1.54, 1.807) is 43.5 Å². The van der Waals surface area contributed by atoms with Gasteiger partial charge in [-0.15, -0.1) is 0 Å². The fourth-order valence-corrected chi connectivity index (χ4v) is 4.07. The first-order chi connectivity index (χ1) is 15.4. The molecule has 0 spiro atoms. The lowest BCUT2D eigenvalue weighted by Gasteiger charge is -2.26. The quantitative estimate of drug-likeness (QED) is 0.346. The van der Waals surface area contributed by atoms with Gasteiger partial charge in [-0.2, -0.15) is 0 Å². The molecular weight excluding hydrogens is 402 g/mol. The number of Topliss-reactive ketones (excluding diaryl/α,β-unsaturated/α-hetero) is 1. The predicted octanol–water partition coefficient (Wildman–Crippen LogP) is 5.19. The lowest BCUT2D eigenvalue weighted by atomic mass is 9.94. The van der Waals surface area contributed by atoms with Crippen LogP contribution in [0.3, 0.4) is 0 Å². The van der Waals surface area contributed by atoms with Gasteiger partial charge in [0.05, 0.1) is 18.7 Å². The molecule has 0 aromatic heterocycles. The third-order valence-electron chi connectivity index (χ3n) is 5.77. The van der Waals surface area contributed by atoms with E-state index in [4.69, 9.17) is 4.74 Å².